The van der Waals surface area contributed by atoms with Gasteiger partial charge in [-0.15, -0.1) is 0 Å². The van der Waals surface area contributed by atoms with Crippen LogP contribution in [-0.4, -0.2) is 43.7 Å². The van der Waals surface area contributed by atoms with Gasteiger partial charge in [0.15, 0.2) is 0 Å². The van der Waals surface area contributed by atoms with E-state index >= 15 is 0 Å². The van der Waals surface area contributed by atoms with Gasteiger partial charge in [0.05, 0.1) is 26.4 Å². The normalized spacial score (nSPS) is 17.4. The number of ether oxygens (including phenoxy) is 2. The lowest BCUT2D eigenvalue weighted by atomic mass is 10.0. The standard InChI is InChI=1S/C21H25NO3/c1-3-7-18-15-25-13-12-22(18)21(23)17-9-6-8-16(14-17)19-10-4-5-11-20(19)24-2/h4-6,8-11,14,18H,3,7,12-13,15H2,1-2H3. The summed E-state index contributed by atoms with van der Waals surface area (Å²) in [5.41, 5.74) is 2.70. The van der Waals surface area contributed by atoms with Crippen molar-refractivity contribution in [2.45, 2.75) is 25.8 Å². The zero-order valence-corrected chi connectivity index (χ0v) is 14.9. The van der Waals surface area contributed by atoms with E-state index in [2.05, 4.69) is 6.92 Å². The molecule has 0 aliphatic carbocycles. The Morgan fingerprint density at radius 3 is 2.88 bits per heavy atom. The van der Waals surface area contributed by atoms with Gasteiger partial charge in [-0.05, 0) is 30.2 Å². The summed E-state index contributed by atoms with van der Waals surface area (Å²) in [6.07, 6.45) is 2.01. The van der Waals surface area contributed by atoms with Crippen molar-refractivity contribution in [1.82, 2.24) is 4.90 Å². The van der Waals surface area contributed by atoms with E-state index in [0.717, 1.165) is 29.7 Å². The molecule has 0 radical (unpaired) electrons. The van der Waals surface area contributed by atoms with Gasteiger partial charge < -0.3 is 14.4 Å². The summed E-state index contributed by atoms with van der Waals surface area (Å²) in [6.45, 7) is 4.03. The van der Waals surface area contributed by atoms with Crippen LogP contribution in [0.5, 0.6) is 5.75 Å². The predicted octanol–water partition coefficient (Wildman–Crippen LogP) is 4.00. The van der Waals surface area contributed by atoms with Crippen molar-refractivity contribution in [2.24, 2.45) is 0 Å². The van der Waals surface area contributed by atoms with Crippen LogP contribution in [0.4, 0.5) is 0 Å². The summed E-state index contributed by atoms with van der Waals surface area (Å²) < 4.78 is 11.0. The van der Waals surface area contributed by atoms with E-state index in [1.54, 1.807) is 7.11 Å². The molecule has 1 fully saturated rings. The molecule has 0 spiro atoms. The molecule has 0 bridgehead atoms. The predicted molar refractivity (Wildman–Crippen MR) is 99.0 cm³/mol. The monoisotopic (exact) mass is 339 g/mol. The van der Waals surface area contributed by atoms with Crippen LogP contribution in [0.1, 0.15) is 30.1 Å². The fourth-order valence-corrected chi connectivity index (χ4v) is 3.36. The number of carbonyl (C=O) groups is 1. The molecule has 4 heteroatoms. The van der Waals surface area contributed by atoms with E-state index < -0.39 is 0 Å². The third-order valence-corrected chi connectivity index (χ3v) is 4.64. The molecule has 1 aliphatic heterocycles. The minimum atomic E-state index is 0.0819. The molecule has 1 heterocycles. The second-order valence-corrected chi connectivity index (χ2v) is 6.30. The highest BCUT2D eigenvalue weighted by molar-refractivity contribution is 5.96. The first-order valence-electron chi connectivity index (χ1n) is 8.86. The molecule has 132 valence electrons. The van der Waals surface area contributed by atoms with E-state index in [1.165, 1.54) is 0 Å². The molecule has 1 atom stereocenters. The van der Waals surface area contributed by atoms with Gasteiger partial charge in [-0.3, -0.25) is 4.79 Å². The maximum atomic E-state index is 13.1. The Balaban J connectivity index is 1.89. The lowest BCUT2D eigenvalue weighted by molar-refractivity contribution is -0.00433. The number of amides is 1. The maximum Gasteiger partial charge on any atom is 0.254 e. The van der Waals surface area contributed by atoms with Gasteiger partial charge >= 0.3 is 0 Å². The number of methoxy groups -OCH3 is 1. The number of morpholine rings is 1. The number of rotatable bonds is 5. The van der Waals surface area contributed by atoms with Crippen molar-refractivity contribution in [1.29, 1.82) is 0 Å². The molecule has 1 unspecified atom stereocenters. The van der Waals surface area contributed by atoms with Crippen LogP contribution in [0, 0.1) is 0 Å². The molecule has 3 rings (SSSR count). The number of hydrogen-bond donors (Lipinski definition) is 0. The van der Waals surface area contributed by atoms with Crippen molar-refractivity contribution in [3.8, 4) is 16.9 Å². The fourth-order valence-electron chi connectivity index (χ4n) is 3.36. The SMILES string of the molecule is CCCC1COCCN1C(=O)c1cccc(-c2ccccc2OC)c1. The van der Waals surface area contributed by atoms with Crippen molar-refractivity contribution in [3.63, 3.8) is 0 Å². The molecule has 1 amide bonds. The average Bonchev–Trinajstić information content (AvgIpc) is 2.68. The van der Waals surface area contributed by atoms with Crippen LogP contribution in [0.25, 0.3) is 11.1 Å². The molecule has 0 aromatic heterocycles. The number of benzene rings is 2. The quantitative estimate of drug-likeness (QED) is 0.826. The zero-order valence-electron chi connectivity index (χ0n) is 14.9. The van der Waals surface area contributed by atoms with E-state index in [-0.39, 0.29) is 11.9 Å². The first kappa shape index (κ1) is 17.5. The molecule has 1 saturated heterocycles. The largest absolute Gasteiger partial charge is 0.496 e. The Bertz CT molecular complexity index is 727. The van der Waals surface area contributed by atoms with Crippen LogP contribution in [0.3, 0.4) is 0 Å². The smallest absolute Gasteiger partial charge is 0.254 e. The summed E-state index contributed by atoms with van der Waals surface area (Å²) in [5, 5.41) is 0. The topological polar surface area (TPSA) is 38.8 Å². The lowest BCUT2D eigenvalue weighted by Crippen LogP contribution is -2.48. The molecule has 4 nitrogen and oxygen atoms in total. The summed E-state index contributed by atoms with van der Waals surface area (Å²) in [7, 11) is 1.66. The Morgan fingerprint density at radius 1 is 1.24 bits per heavy atom. The minimum Gasteiger partial charge on any atom is -0.496 e. The number of nitrogens with zero attached hydrogens (tertiary/aromatic N) is 1. The Hall–Kier alpha value is -2.33. The van der Waals surface area contributed by atoms with Crippen LogP contribution < -0.4 is 4.74 Å². The summed E-state index contributed by atoms with van der Waals surface area (Å²) in [4.78, 5) is 15.0. The molecule has 2 aromatic rings. The molecule has 1 aliphatic rings. The molecular weight excluding hydrogens is 314 g/mol. The van der Waals surface area contributed by atoms with Gasteiger partial charge in [0, 0.05) is 17.7 Å². The number of carbonyl (C=O) groups excluding carboxylic acids is 1. The second kappa shape index (κ2) is 8.17. The van der Waals surface area contributed by atoms with E-state index in [4.69, 9.17) is 9.47 Å². The van der Waals surface area contributed by atoms with Crippen LogP contribution in [0.15, 0.2) is 48.5 Å². The van der Waals surface area contributed by atoms with Crippen molar-refractivity contribution in [3.05, 3.63) is 54.1 Å². The summed E-state index contributed by atoms with van der Waals surface area (Å²) in [6, 6.07) is 15.8. The number of para-hydroxylation sites is 1. The first-order valence-corrected chi connectivity index (χ1v) is 8.86. The minimum absolute atomic E-state index is 0.0819. The lowest BCUT2D eigenvalue weighted by Gasteiger charge is -2.35. The molecule has 0 saturated carbocycles. The molecular formula is C21H25NO3. The zero-order chi connectivity index (χ0) is 17.6. The van der Waals surface area contributed by atoms with Gasteiger partial charge in [-0.2, -0.15) is 0 Å². The van der Waals surface area contributed by atoms with Gasteiger partial charge in [-0.25, -0.2) is 0 Å². The molecule has 2 aromatic carbocycles. The molecule has 0 N–H and O–H groups in total. The van der Waals surface area contributed by atoms with Gasteiger partial charge in [0.2, 0.25) is 0 Å². The van der Waals surface area contributed by atoms with E-state index in [0.29, 0.717) is 25.3 Å². The van der Waals surface area contributed by atoms with Crippen molar-refractivity contribution in [2.75, 3.05) is 26.9 Å². The third kappa shape index (κ3) is 3.85. The Morgan fingerprint density at radius 2 is 2.08 bits per heavy atom. The fraction of sp³-hybridized carbons (Fsp3) is 0.381. The highest BCUT2D eigenvalue weighted by Crippen LogP contribution is 2.30. The third-order valence-electron chi connectivity index (χ3n) is 4.64. The maximum absolute atomic E-state index is 13.1. The first-order chi connectivity index (χ1) is 12.2. The Labute approximate surface area is 149 Å². The molecule has 25 heavy (non-hydrogen) atoms. The van der Waals surface area contributed by atoms with Crippen molar-refractivity contribution >= 4 is 5.91 Å². The second-order valence-electron chi connectivity index (χ2n) is 6.30. The van der Waals surface area contributed by atoms with Crippen LogP contribution in [0.2, 0.25) is 0 Å². The Kier molecular flexibility index (Phi) is 5.71. The highest BCUT2D eigenvalue weighted by atomic mass is 16.5. The van der Waals surface area contributed by atoms with E-state index in [1.807, 2.05) is 53.4 Å². The highest BCUT2D eigenvalue weighted by Gasteiger charge is 2.27. The van der Waals surface area contributed by atoms with Gasteiger partial charge in [-0.1, -0.05) is 43.7 Å². The summed E-state index contributed by atoms with van der Waals surface area (Å²) >= 11 is 0. The van der Waals surface area contributed by atoms with Gasteiger partial charge in [0.25, 0.3) is 5.91 Å². The van der Waals surface area contributed by atoms with Crippen LogP contribution >= 0.6 is 0 Å². The van der Waals surface area contributed by atoms with Gasteiger partial charge in [0.1, 0.15) is 5.75 Å². The van der Waals surface area contributed by atoms with E-state index in [9.17, 15) is 4.79 Å². The van der Waals surface area contributed by atoms with Crippen LogP contribution in [-0.2, 0) is 4.74 Å². The van der Waals surface area contributed by atoms with Crippen molar-refractivity contribution < 1.29 is 14.3 Å². The summed E-state index contributed by atoms with van der Waals surface area (Å²) in [5.74, 6) is 0.890. The average molecular weight is 339 g/mol. The number of hydrogen-bond acceptors (Lipinski definition) is 3.